The molecule has 0 aliphatic rings. The van der Waals surface area contributed by atoms with E-state index in [1.54, 1.807) is 24.3 Å². The van der Waals surface area contributed by atoms with Crippen LogP contribution >= 0.6 is 11.8 Å². The van der Waals surface area contributed by atoms with E-state index in [0.29, 0.717) is 23.4 Å². The van der Waals surface area contributed by atoms with Crippen molar-refractivity contribution in [2.24, 2.45) is 0 Å². The van der Waals surface area contributed by atoms with Crippen molar-refractivity contribution >= 4 is 40.7 Å². The number of rotatable bonds is 8. The van der Waals surface area contributed by atoms with Crippen molar-refractivity contribution in [3.63, 3.8) is 0 Å². The van der Waals surface area contributed by atoms with E-state index in [2.05, 4.69) is 10.6 Å². The van der Waals surface area contributed by atoms with E-state index in [1.807, 2.05) is 61.5 Å². The predicted molar refractivity (Wildman–Crippen MR) is 126 cm³/mol. The highest BCUT2D eigenvalue weighted by molar-refractivity contribution is 8.00. The second kappa shape index (κ2) is 10.6. The van der Waals surface area contributed by atoms with Gasteiger partial charge in [0.05, 0.1) is 11.7 Å². The van der Waals surface area contributed by atoms with Gasteiger partial charge in [0.1, 0.15) is 0 Å². The van der Waals surface area contributed by atoms with Crippen LogP contribution in [0.15, 0.2) is 83.8 Å². The van der Waals surface area contributed by atoms with E-state index < -0.39 is 0 Å². The van der Waals surface area contributed by atoms with Gasteiger partial charge in [0, 0.05) is 21.8 Å². The molecule has 0 saturated carbocycles. The van der Waals surface area contributed by atoms with Gasteiger partial charge in [-0.25, -0.2) is 0 Å². The highest BCUT2D eigenvalue weighted by Crippen LogP contribution is 2.27. The van der Waals surface area contributed by atoms with Gasteiger partial charge in [0.2, 0.25) is 11.8 Å². The molecule has 0 bridgehead atoms. The molecule has 158 valence electrons. The van der Waals surface area contributed by atoms with E-state index in [9.17, 15) is 14.4 Å². The minimum absolute atomic E-state index is 0.0162. The van der Waals surface area contributed by atoms with Crippen molar-refractivity contribution in [1.29, 1.82) is 0 Å². The standard InChI is InChI=1S/C25H24N2O3S/c1-17(28)20-11-13-21(14-12-20)27-25(30)18(2)31-23-10-6-9-22(16-23)26-24(29)15-19-7-4-3-5-8-19/h3-14,16,18H,15H2,1-2H3,(H,26,29)(H,27,30). The van der Waals surface area contributed by atoms with Gasteiger partial charge in [-0.15, -0.1) is 11.8 Å². The van der Waals surface area contributed by atoms with Crippen LogP contribution in [0.5, 0.6) is 0 Å². The smallest absolute Gasteiger partial charge is 0.237 e. The molecule has 2 N–H and O–H groups in total. The van der Waals surface area contributed by atoms with Crippen LogP contribution in [0.3, 0.4) is 0 Å². The Morgan fingerprint density at radius 1 is 0.839 bits per heavy atom. The molecule has 0 heterocycles. The van der Waals surface area contributed by atoms with Crippen LogP contribution in [0.4, 0.5) is 11.4 Å². The summed E-state index contributed by atoms with van der Waals surface area (Å²) in [5.74, 6) is -0.246. The lowest BCUT2D eigenvalue weighted by molar-refractivity contribution is -0.116. The van der Waals surface area contributed by atoms with Crippen LogP contribution in [0.2, 0.25) is 0 Å². The molecule has 0 radical (unpaired) electrons. The average molecular weight is 433 g/mol. The largest absolute Gasteiger partial charge is 0.326 e. The number of hydrogen-bond acceptors (Lipinski definition) is 4. The molecule has 31 heavy (non-hydrogen) atoms. The first kappa shape index (κ1) is 22.3. The van der Waals surface area contributed by atoms with Crippen molar-refractivity contribution in [3.8, 4) is 0 Å². The van der Waals surface area contributed by atoms with Crippen LogP contribution in [0.1, 0.15) is 29.8 Å². The third-order valence-corrected chi connectivity index (χ3v) is 5.66. The number of ketones is 1. The molecule has 0 aromatic heterocycles. The first-order chi connectivity index (χ1) is 14.9. The number of amides is 2. The third kappa shape index (κ3) is 6.83. The number of anilines is 2. The zero-order chi connectivity index (χ0) is 22.2. The molecule has 3 aromatic carbocycles. The van der Waals surface area contributed by atoms with Gasteiger partial charge in [-0.1, -0.05) is 36.4 Å². The topological polar surface area (TPSA) is 75.3 Å². The van der Waals surface area contributed by atoms with E-state index in [-0.39, 0.29) is 22.8 Å². The summed E-state index contributed by atoms with van der Waals surface area (Å²) in [7, 11) is 0. The number of benzene rings is 3. The summed E-state index contributed by atoms with van der Waals surface area (Å²) in [6.45, 7) is 3.33. The fourth-order valence-electron chi connectivity index (χ4n) is 2.92. The number of nitrogens with one attached hydrogen (secondary N) is 2. The van der Waals surface area contributed by atoms with Crippen molar-refractivity contribution in [1.82, 2.24) is 0 Å². The van der Waals surface area contributed by atoms with E-state index in [1.165, 1.54) is 18.7 Å². The summed E-state index contributed by atoms with van der Waals surface area (Å²) < 4.78 is 0. The van der Waals surface area contributed by atoms with Gasteiger partial charge in [-0.2, -0.15) is 0 Å². The molecular formula is C25H24N2O3S. The van der Waals surface area contributed by atoms with Gasteiger partial charge in [0.15, 0.2) is 5.78 Å². The number of carbonyl (C=O) groups excluding carboxylic acids is 3. The van der Waals surface area contributed by atoms with Gasteiger partial charge >= 0.3 is 0 Å². The maximum absolute atomic E-state index is 12.5. The van der Waals surface area contributed by atoms with Crippen LogP contribution in [0, 0.1) is 0 Å². The Balaban J connectivity index is 1.56. The zero-order valence-corrected chi connectivity index (χ0v) is 18.2. The molecule has 0 aliphatic heterocycles. The summed E-state index contributed by atoms with van der Waals surface area (Å²) in [5.41, 5.74) is 2.89. The first-order valence-corrected chi connectivity index (χ1v) is 10.8. The van der Waals surface area contributed by atoms with Crippen LogP contribution in [0.25, 0.3) is 0 Å². The highest BCUT2D eigenvalue weighted by Gasteiger charge is 2.15. The Morgan fingerprint density at radius 3 is 2.23 bits per heavy atom. The Hall–Kier alpha value is -3.38. The van der Waals surface area contributed by atoms with Crippen LogP contribution in [-0.4, -0.2) is 22.8 Å². The SMILES string of the molecule is CC(=O)c1ccc(NC(=O)C(C)Sc2cccc(NC(=O)Cc3ccccc3)c2)cc1. The number of thioether (sulfide) groups is 1. The summed E-state index contributed by atoms with van der Waals surface area (Å²) in [5, 5.41) is 5.42. The summed E-state index contributed by atoms with van der Waals surface area (Å²) in [6.07, 6.45) is 0.305. The Labute approximate surface area is 186 Å². The van der Waals surface area contributed by atoms with Gasteiger partial charge in [0.25, 0.3) is 0 Å². The molecular weight excluding hydrogens is 408 g/mol. The van der Waals surface area contributed by atoms with Crippen molar-refractivity contribution < 1.29 is 14.4 Å². The quantitative estimate of drug-likeness (QED) is 0.379. The average Bonchev–Trinajstić information content (AvgIpc) is 2.75. The molecule has 5 nitrogen and oxygen atoms in total. The molecule has 0 aliphatic carbocycles. The van der Waals surface area contributed by atoms with Crippen LogP contribution in [-0.2, 0) is 16.0 Å². The second-order valence-corrected chi connectivity index (χ2v) is 8.54. The number of hydrogen-bond donors (Lipinski definition) is 2. The lowest BCUT2D eigenvalue weighted by Crippen LogP contribution is -2.22. The summed E-state index contributed by atoms with van der Waals surface area (Å²) in [4.78, 5) is 37.1. The monoisotopic (exact) mass is 432 g/mol. The Morgan fingerprint density at radius 2 is 1.55 bits per heavy atom. The molecule has 0 saturated heterocycles. The minimum atomic E-state index is -0.345. The fourth-order valence-corrected chi connectivity index (χ4v) is 3.85. The highest BCUT2D eigenvalue weighted by atomic mass is 32.2. The molecule has 0 spiro atoms. The molecule has 2 amide bonds. The Kier molecular flexibility index (Phi) is 7.62. The first-order valence-electron chi connectivity index (χ1n) is 9.93. The van der Waals surface area contributed by atoms with Gasteiger partial charge in [-0.3, -0.25) is 14.4 Å². The number of Topliss-reactive ketones (excluding diaryl/α,β-unsaturated/α-hetero) is 1. The maximum Gasteiger partial charge on any atom is 0.237 e. The van der Waals surface area contributed by atoms with Gasteiger partial charge in [-0.05, 0) is 61.9 Å². The fraction of sp³-hybridized carbons (Fsp3) is 0.160. The lowest BCUT2D eigenvalue weighted by Gasteiger charge is -2.13. The Bertz CT molecular complexity index is 1070. The maximum atomic E-state index is 12.5. The van der Waals surface area contributed by atoms with Crippen molar-refractivity contribution in [2.45, 2.75) is 30.4 Å². The third-order valence-electron chi connectivity index (χ3n) is 4.57. The van der Waals surface area contributed by atoms with Crippen molar-refractivity contribution in [3.05, 3.63) is 90.0 Å². The molecule has 1 unspecified atom stereocenters. The van der Waals surface area contributed by atoms with Crippen LogP contribution < -0.4 is 10.6 Å². The lowest BCUT2D eigenvalue weighted by atomic mass is 10.1. The predicted octanol–water partition coefficient (Wildman–Crippen LogP) is 5.19. The van der Waals surface area contributed by atoms with Gasteiger partial charge < -0.3 is 10.6 Å². The molecule has 0 fully saturated rings. The molecule has 6 heteroatoms. The zero-order valence-electron chi connectivity index (χ0n) is 17.4. The normalized spacial score (nSPS) is 11.4. The molecule has 3 aromatic rings. The van der Waals surface area contributed by atoms with E-state index in [0.717, 1.165) is 10.5 Å². The number of carbonyl (C=O) groups is 3. The van der Waals surface area contributed by atoms with E-state index >= 15 is 0 Å². The minimum Gasteiger partial charge on any atom is -0.326 e. The molecule has 1 atom stereocenters. The van der Waals surface area contributed by atoms with Crippen molar-refractivity contribution in [2.75, 3.05) is 10.6 Å². The summed E-state index contributed by atoms with van der Waals surface area (Å²) in [6, 6.07) is 23.8. The van der Waals surface area contributed by atoms with E-state index in [4.69, 9.17) is 0 Å². The molecule has 3 rings (SSSR count). The summed E-state index contributed by atoms with van der Waals surface area (Å²) >= 11 is 1.41. The second-order valence-electron chi connectivity index (χ2n) is 7.12.